The van der Waals surface area contributed by atoms with Gasteiger partial charge in [-0.05, 0) is 25.8 Å². The molecule has 62 valence electrons. The van der Waals surface area contributed by atoms with Crippen LogP contribution in [0.3, 0.4) is 0 Å². The second kappa shape index (κ2) is 2.11. The Kier molecular flexibility index (Phi) is 1.32. The number of carbonyl (C=O) groups is 1. The fraction of sp³-hybridized carbons (Fsp3) is 0.857. The van der Waals surface area contributed by atoms with Crippen molar-refractivity contribution in [1.82, 2.24) is 10.6 Å². The molecule has 2 aliphatic rings. The first-order valence-corrected chi connectivity index (χ1v) is 3.95. The highest BCUT2D eigenvalue weighted by molar-refractivity contribution is 5.65. The van der Waals surface area contributed by atoms with Crippen molar-refractivity contribution < 1.29 is 9.90 Å². The molecule has 0 aromatic heterocycles. The molecule has 1 amide bonds. The molecule has 1 saturated heterocycles. The predicted octanol–water partition coefficient (Wildman–Crippen LogP) is 0.149. The Morgan fingerprint density at radius 1 is 1.64 bits per heavy atom. The maximum atomic E-state index is 10.2. The standard InChI is InChI=1S/C7H12N2O2/c10-6(11)9-5-3-7(4-5)1-2-8-7/h5,8-9H,1-4H2,(H,10,11). The summed E-state index contributed by atoms with van der Waals surface area (Å²) in [5, 5.41) is 14.2. The lowest BCUT2D eigenvalue weighted by Crippen LogP contribution is -2.69. The third kappa shape index (κ3) is 1.07. The second-order valence-corrected chi connectivity index (χ2v) is 3.51. The maximum Gasteiger partial charge on any atom is 0.404 e. The second-order valence-electron chi connectivity index (χ2n) is 3.51. The van der Waals surface area contributed by atoms with Gasteiger partial charge in [-0.3, -0.25) is 0 Å². The molecule has 1 spiro atoms. The summed E-state index contributed by atoms with van der Waals surface area (Å²) in [5.41, 5.74) is 0.327. The van der Waals surface area contributed by atoms with Gasteiger partial charge in [0.25, 0.3) is 0 Å². The normalized spacial score (nSPS) is 40.9. The number of hydrogen-bond acceptors (Lipinski definition) is 2. The molecule has 0 unspecified atom stereocenters. The molecule has 0 atom stereocenters. The Bertz CT molecular complexity index is 181. The summed E-state index contributed by atoms with van der Waals surface area (Å²) < 4.78 is 0. The van der Waals surface area contributed by atoms with Crippen molar-refractivity contribution in [3.8, 4) is 0 Å². The molecule has 0 radical (unpaired) electrons. The minimum Gasteiger partial charge on any atom is -0.465 e. The Morgan fingerprint density at radius 2 is 2.27 bits per heavy atom. The van der Waals surface area contributed by atoms with Gasteiger partial charge < -0.3 is 15.7 Å². The summed E-state index contributed by atoms with van der Waals surface area (Å²) in [5.74, 6) is 0. The molecule has 4 nitrogen and oxygen atoms in total. The highest BCUT2D eigenvalue weighted by Crippen LogP contribution is 2.39. The molecule has 1 saturated carbocycles. The maximum absolute atomic E-state index is 10.2. The van der Waals surface area contributed by atoms with Crippen LogP contribution >= 0.6 is 0 Å². The van der Waals surface area contributed by atoms with Gasteiger partial charge in [-0.2, -0.15) is 0 Å². The summed E-state index contributed by atoms with van der Waals surface area (Å²) >= 11 is 0. The molecule has 1 heterocycles. The number of nitrogens with one attached hydrogen (secondary N) is 2. The summed E-state index contributed by atoms with van der Waals surface area (Å²) in [6, 6.07) is 0.195. The lowest BCUT2D eigenvalue weighted by molar-refractivity contribution is 0.0620. The van der Waals surface area contributed by atoms with Crippen molar-refractivity contribution in [2.24, 2.45) is 0 Å². The zero-order valence-electron chi connectivity index (χ0n) is 6.26. The highest BCUT2D eigenvalue weighted by Gasteiger charge is 2.48. The number of amides is 1. The molecule has 2 rings (SSSR count). The first kappa shape index (κ1) is 6.91. The van der Waals surface area contributed by atoms with E-state index < -0.39 is 6.09 Å². The van der Waals surface area contributed by atoms with Crippen LogP contribution < -0.4 is 10.6 Å². The molecular formula is C7H12N2O2. The Hall–Kier alpha value is -0.770. The SMILES string of the molecule is O=C(O)NC1CC2(CCN2)C1. The molecule has 1 aliphatic heterocycles. The predicted molar refractivity (Wildman–Crippen MR) is 39.5 cm³/mol. The quantitative estimate of drug-likeness (QED) is 0.506. The smallest absolute Gasteiger partial charge is 0.404 e. The Balaban J connectivity index is 1.75. The first-order chi connectivity index (χ1) is 5.20. The van der Waals surface area contributed by atoms with Gasteiger partial charge in [-0.25, -0.2) is 4.79 Å². The van der Waals surface area contributed by atoms with Crippen LogP contribution in [0, 0.1) is 0 Å². The third-order valence-electron chi connectivity index (χ3n) is 2.71. The van der Waals surface area contributed by atoms with Crippen molar-refractivity contribution in [3.63, 3.8) is 0 Å². The van der Waals surface area contributed by atoms with E-state index in [1.807, 2.05) is 0 Å². The van der Waals surface area contributed by atoms with Crippen LogP contribution in [0.4, 0.5) is 4.79 Å². The van der Waals surface area contributed by atoms with Crippen LogP contribution in [0.25, 0.3) is 0 Å². The zero-order valence-corrected chi connectivity index (χ0v) is 6.26. The number of rotatable bonds is 1. The van der Waals surface area contributed by atoms with E-state index in [-0.39, 0.29) is 6.04 Å². The topological polar surface area (TPSA) is 61.4 Å². The molecule has 0 aromatic carbocycles. The molecule has 0 aromatic rings. The van der Waals surface area contributed by atoms with Gasteiger partial charge in [-0.15, -0.1) is 0 Å². The Labute approximate surface area is 65.0 Å². The van der Waals surface area contributed by atoms with E-state index in [1.54, 1.807) is 0 Å². The summed E-state index contributed by atoms with van der Waals surface area (Å²) in [7, 11) is 0. The summed E-state index contributed by atoms with van der Waals surface area (Å²) in [4.78, 5) is 10.2. The van der Waals surface area contributed by atoms with Crippen molar-refractivity contribution >= 4 is 6.09 Å². The van der Waals surface area contributed by atoms with Crippen molar-refractivity contribution in [3.05, 3.63) is 0 Å². The van der Waals surface area contributed by atoms with Gasteiger partial charge in [0.15, 0.2) is 0 Å². The Morgan fingerprint density at radius 3 is 2.64 bits per heavy atom. The van der Waals surface area contributed by atoms with E-state index in [1.165, 1.54) is 6.42 Å². The van der Waals surface area contributed by atoms with E-state index in [2.05, 4.69) is 10.6 Å². The fourth-order valence-corrected chi connectivity index (χ4v) is 1.99. The molecule has 11 heavy (non-hydrogen) atoms. The van der Waals surface area contributed by atoms with Gasteiger partial charge in [0.1, 0.15) is 0 Å². The van der Waals surface area contributed by atoms with Gasteiger partial charge in [0.2, 0.25) is 0 Å². The van der Waals surface area contributed by atoms with Crippen LogP contribution in [0.5, 0.6) is 0 Å². The van der Waals surface area contributed by atoms with Gasteiger partial charge in [0, 0.05) is 11.6 Å². The summed E-state index contributed by atoms with van der Waals surface area (Å²) in [6.07, 6.45) is 2.26. The summed E-state index contributed by atoms with van der Waals surface area (Å²) in [6.45, 7) is 1.10. The molecule has 3 N–H and O–H groups in total. The van der Waals surface area contributed by atoms with Gasteiger partial charge in [-0.1, -0.05) is 0 Å². The van der Waals surface area contributed by atoms with Crippen LogP contribution in [0.15, 0.2) is 0 Å². The first-order valence-electron chi connectivity index (χ1n) is 3.95. The van der Waals surface area contributed by atoms with Gasteiger partial charge >= 0.3 is 6.09 Å². The van der Waals surface area contributed by atoms with E-state index >= 15 is 0 Å². The van der Waals surface area contributed by atoms with Crippen LogP contribution in [0.2, 0.25) is 0 Å². The van der Waals surface area contributed by atoms with E-state index in [0.29, 0.717) is 5.54 Å². The van der Waals surface area contributed by atoms with E-state index in [9.17, 15) is 4.79 Å². The molecule has 4 heteroatoms. The lowest BCUT2D eigenvalue weighted by atomic mass is 9.66. The van der Waals surface area contributed by atoms with Crippen molar-refractivity contribution in [2.75, 3.05) is 6.54 Å². The van der Waals surface area contributed by atoms with Gasteiger partial charge in [0.05, 0.1) is 0 Å². The highest BCUT2D eigenvalue weighted by atomic mass is 16.4. The molecule has 1 aliphatic carbocycles. The average Bonchev–Trinajstić information content (AvgIpc) is 1.71. The van der Waals surface area contributed by atoms with E-state index in [4.69, 9.17) is 5.11 Å². The minimum atomic E-state index is -0.899. The lowest BCUT2D eigenvalue weighted by Gasteiger charge is -2.54. The van der Waals surface area contributed by atoms with Crippen molar-refractivity contribution in [1.29, 1.82) is 0 Å². The van der Waals surface area contributed by atoms with E-state index in [0.717, 1.165) is 19.4 Å². The monoisotopic (exact) mass is 156 g/mol. The third-order valence-corrected chi connectivity index (χ3v) is 2.71. The van der Waals surface area contributed by atoms with Crippen molar-refractivity contribution in [2.45, 2.75) is 30.8 Å². The molecular weight excluding hydrogens is 144 g/mol. The molecule has 2 fully saturated rings. The zero-order chi connectivity index (χ0) is 7.90. The number of carboxylic acid groups (broad SMARTS) is 1. The van der Waals surface area contributed by atoms with Crippen LogP contribution in [-0.4, -0.2) is 29.3 Å². The van der Waals surface area contributed by atoms with Crippen LogP contribution in [0.1, 0.15) is 19.3 Å². The molecule has 0 bridgehead atoms. The minimum absolute atomic E-state index is 0.195. The fourth-order valence-electron chi connectivity index (χ4n) is 1.99. The number of hydrogen-bond donors (Lipinski definition) is 3. The average molecular weight is 156 g/mol. The van der Waals surface area contributed by atoms with Crippen LogP contribution in [-0.2, 0) is 0 Å². The largest absolute Gasteiger partial charge is 0.465 e.